The number of benzene rings is 2. The van der Waals surface area contributed by atoms with Crippen LogP contribution in [0.15, 0.2) is 90.2 Å². The predicted molar refractivity (Wildman–Crippen MR) is 95.4 cm³/mol. The lowest BCUT2D eigenvalue weighted by atomic mass is 10.2. The zero-order valence-electron chi connectivity index (χ0n) is 13.8. The van der Waals surface area contributed by atoms with E-state index in [2.05, 4.69) is 33.7 Å². The van der Waals surface area contributed by atoms with Crippen molar-refractivity contribution in [1.29, 1.82) is 0 Å². The fraction of sp³-hybridized carbons (Fsp3) is 0.100. The van der Waals surface area contributed by atoms with Crippen molar-refractivity contribution in [1.82, 2.24) is 0 Å². The molecule has 3 rings (SSSR count). The van der Waals surface area contributed by atoms with Crippen LogP contribution in [-0.4, -0.2) is 19.9 Å². The monoisotopic (exact) mass is 337 g/mol. The van der Waals surface area contributed by atoms with E-state index in [0.717, 1.165) is 22.8 Å². The van der Waals surface area contributed by atoms with Crippen molar-refractivity contribution in [2.75, 3.05) is 19.0 Å². The van der Waals surface area contributed by atoms with Crippen LogP contribution in [0, 0.1) is 0 Å². The van der Waals surface area contributed by atoms with Crippen molar-refractivity contribution >= 4 is 17.2 Å². The first-order valence-electron chi connectivity index (χ1n) is 7.62. The third-order valence-corrected chi connectivity index (χ3v) is 3.60. The van der Waals surface area contributed by atoms with Gasteiger partial charge in [-0.15, -0.1) is 0 Å². The Kier molecular flexibility index (Phi) is 6.10. The molecule has 0 fully saturated rings. The van der Waals surface area contributed by atoms with Crippen LogP contribution in [0.25, 0.3) is 0 Å². The number of anilines is 1. The average molecular weight is 338 g/mol. The van der Waals surface area contributed by atoms with E-state index in [9.17, 15) is 0 Å². The van der Waals surface area contributed by atoms with E-state index in [1.807, 2.05) is 75.0 Å². The first kappa shape index (κ1) is 17.7. The van der Waals surface area contributed by atoms with E-state index in [0.29, 0.717) is 0 Å². The van der Waals surface area contributed by atoms with Gasteiger partial charge in [-0.2, -0.15) is 0 Å². The Bertz CT molecular complexity index is 782. The van der Waals surface area contributed by atoms with Crippen LogP contribution in [0.2, 0.25) is 0 Å². The van der Waals surface area contributed by atoms with Crippen molar-refractivity contribution in [3.8, 4) is 0 Å². The van der Waals surface area contributed by atoms with Crippen LogP contribution in [0.4, 0.5) is 11.4 Å². The highest BCUT2D eigenvalue weighted by Gasteiger charge is 2.16. The Hall–Kier alpha value is -2.65. The largest absolute Gasteiger partial charge is 1.00 e. The number of hydrogen-bond donors (Lipinski definition) is 0. The molecule has 0 aliphatic rings. The van der Waals surface area contributed by atoms with Gasteiger partial charge < -0.3 is 17.3 Å². The van der Waals surface area contributed by atoms with E-state index < -0.39 is 0 Å². The number of halogens is 1. The maximum Gasteiger partial charge on any atom is 0.335 e. The van der Waals surface area contributed by atoms with Gasteiger partial charge in [0.1, 0.15) is 0 Å². The molecular weight excluding hydrogens is 318 g/mol. The topological polar surface area (TPSA) is 19.5 Å². The van der Waals surface area contributed by atoms with Crippen LogP contribution in [-0.2, 0) is 0 Å². The summed E-state index contributed by atoms with van der Waals surface area (Å²) in [6.45, 7) is 0. The molecule has 0 saturated carbocycles. The van der Waals surface area contributed by atoms with Crippen molar-refractivity contribution in [3.63, 3.8) is 0 Å². The van der Waals surface area contributed by atoms with Crippen LogP contribution in [0.5, 0.6) is 0 Å². The third kappa shape index (κ3) is 4.21. The SMILES string of the molecule is CN(C)c1cc[n+](C(=Nc2ccccc2)c2ccccc2)cc1.[Cl-]. The quantitative estimate of drug-likeness (QED) is 0.391. The molecule has 3 nitrogen and oxygen atoms in total. The average Bonchev–Trinajstić information content (AvgIpc) is 2.61. The molecule has 1 heterocycles. The van der Waals surface area contributed by atoms with Gasteiger partial charge in [0.05, 0.1) is 18.0 Å². The summed E-state index contributed by atoms with van der Waals surface area (Å²) in [6.07, 6.45) is 4.09. The smallest absolute Gasteiger partial charge is 0.335 e. The molecule has 0 radical (unpaired) electrons. The van der Waals surface area contributed by atoms with Gasteiger partial charge in [0.15, 0.2) is 5.69 Å². The number of pyridine rings is 1. The van der Waals surface area contributed by atoms with Gasteiger partial charge >= 0.3 is 5.84 Å². The fourth-order valence-corrected chi connectivity index (χ4v) is 2.34. The highest BCUT2D eigenvalue weighted by atomic mass is 35.5. The van der Waals surface area contributed by atoms with E-state index in [-0.39, 0.29) is 12.4 Å². The van der Waals surface area contributed by atoms with E-state index in [1.165, 1.54) is 0 Å². The minimum Gasteiger partial charge on any atom is -1.00 e. The minimum atomic E-state index is 0. The zero-order valence-corrected chi connectivity index (χ0v) is 14.6. The molecule has 0 atom stereocenters. The molecule has 2 aromatic carbocycles. The molecule has 122 valence electrons. The summed E-state index contributed by atoms with van der Waals surface area (Å²) < 4.78 is 2.05. The van der Waals surface area contributed by atoms with Gasteiger partial charge in [-0.3, -0.25) is 0 Å². The Morgan fingerprint density at radius 3 is 1.88 bits per heavy atom. The molecule has 0 spiro atoms. The summed E-state index contributed by atoms with van der Waals surface area (Å²) >= 11 is 0. The molecule has 0 amide bonds. The molecule has 24 heavy (non-hydrogen) atoms. The predicted octanol–water partition coefficient (Wildman–Crippen LogP) is 0.671. The number of aromatic nitrogens is 1. The summed E-state index contributed by atoms with van der Waals surface area (Å²) in [7, 11) is 4.08. The Labute approximate surface area is 149 Å². The maximum absolute atomic E-state index is 4.84. The van der Waals surface area contributed by atoms with Gasteiger partial charge in [0.2, 0.25) is 0 Å². The maximum atomic E-state index is 4.84. The molecule has 0 N–H and O–H groups in total. The molecule has 4 heteroatoms. The van der Waals surface area contributed by atoms with Gasteiger partial charge in [-0.1, -0.05) is 36.4 Å². The lowest BCUT2D eigenvalue weighted by Crippen LogP contribution is -3.00. The van der Waals surface area contributed by atoms with Crippen LogP contribution >= 0.6 is 0 Å². The van der Waals surface area contributed by atoms with E-state index >= 15 is 0 Å². The van der Waals surface area contributed by atoms with Gasteiger partial charge in [0, 0.05) is 31.9 Å². The second-order valence-corrected chi connectivity index (χ2v) is 5.50. The third-order valence-electron chi connectivity index (χ3n) is 3.60. The summed E-state index contributed by atoms with van der Waals surface area (Å²) in [4.78, 5) is 6.92. The van der Waals surface area contributed by atoms with Crippen LogP contribution in [0.3, 0.4) is 0 Å². The Morgan fingerprint density at radius 1 is 0.792 bits per heavy atom. The minimum absolute atomic E-state index is 0. The number of hydrogen-bond acceptors (Lipinski definition) is 2. The van der Waals surface area contributed by atoms with Crippen molar-refractivity contribution < 1.29 is 17.0 Å². The molecule has 0 aliphatic heterocycles. The lowest BCUT2D eigenvalue weighted by molar-refractivity contribution is -0.554. The summed E-state index contributed by atoms with van der Waals surface area (Å²) in [5.41, 5.74) is 3.18. The molecule has 0 bridgehead atoms. The highest BCUT2D eigenvalue weighted by Crippen LogP contribution is 2.13. The zero-order chi connectivity index (χ0) is 16.1. The molecule has 3 aromatic rings. The molecule has 0 saturated heterocycles. The van der Waals surface area contributed by atoms with E-state index in [1.54, 1.807) is 0 Å². The fourth-order valence-electron chi connectivity index (χ4n) is 2.34. The molecule has 1 aromatic heterocycles. The van der Waals surface area contributed by atoms with Crippen LogP contribution in [0.1, 0.15) is 5.56 Å². The molecule has 0 aliphatic carbocycles. The number of para-hydroxylation sites is 1. The first-order chi connectivity index (χ1) is 11.2. The van der Waals surface area contributed by atoms with Gasteiger partial charge in [-0.05, 0) is 29.3 Å². The lowest BCUT2D eigenvalue weighted by Gasteiger charge is -2.11. The van der Waals surface area contributed by atoms with E-state index in [4.69, 9.17) is 4.99 Å². The molecule has 0 unspecified atom stereocenters. The highest BCUT2D eigenvalue weighted by molar-refractivity contribution is 5.93. The standard InChI is InChI=1S/C20H20N3.ClH/c1-22(2)19-13-15-23(16-14-19)20(17-9-5-3-6-10-17)21-18-11-7-4-8-12-18;/h3-16H,1-2H3;1H/q+1;/p-1. The van der Waals surface area contributed by atoms with Gasteiger partial charge in [0.25, 0.3) is 0 Å². The van der Waals surface area contributed by atoms with Crippen molar-refractivity contribution in [2.45, 2.75) is 0 Å². The summed E-state index contributed by atoms with van der Waals surface area (Å²) in [6, 6.07) is 24.4. The molecular formula is C20H20ClN3. The first-order valence-corrected chi connectivity index (χ1v) is 7.62. The Balaban J connectivity index is 0.00000208. The Morgan fingerprint density at radius 2 is 1.33 bits per heavy atom. The van der Waals surface area contributed by atoms with Crippen molar-refractivity contribution in [2.24, 2.45) is 4.99 Å². The number of nitrogens with zero attached hydrogens (tertiary/aromatic N) is 3. The second-order valence-electron chi connectivity index (χ2n) is 5.50. The summed E-state index contributed by atoms with van der Waals surface area (Å²) in [5.74, 6) is 0.905. The number of aliphatic imine (C=N–C) groups is 1. The summed E-state index contributed by atoms with van der Waals surface area (Å²) in [5, 5.41) is 0. The second kappa shape index (κ2) is 8.27. The van der Waals surface area contributed by atoms with Crippen LogP contribution < -0.4 is 21.9 Å². The number of rotatable bonds is 3. The van der Waals surface area contributed by atoms with Crippen molar-refractivity contribution in [3.05, 3.63) is 90.8 Å². The van der Waals surface area contributed by atoms with Gasteiger partial charge in [-0.25, -0.2) is 4.57 Å². The normalized spacial score (nSPS) is 10.8.